The minimum absolute atomic E-state index is 0.199. The van der Waals surface area contributed by atoms with Crippen LogP contribution < -0.4 is 15.4 Å². The van der Waals surface area contributed by atoms with Gasteiger partial charge in [0, 0.05) is 6.04 Å². The number of hydrogen-bond donors (Lipinski definition) is 2. The maximum absolute atomic E-state index is 13.9. The second-order valence-electron chi connectivity index (χ2n) is 4.64. The van der Waals surface area contributed by atoms with Crippen molar-refractivity contribution >= 4 is 0 Å². The Bertz CT molecular complexity index is 391. The number of benzene rings is 1. The van der Waals surface area contributed by atoms with Crippen LogP contribution in [0.25, 0.3) is 0 Å². The highest BCUT2D eigenvalue weighted by Gasteiger charge is 2.25. The van der Waals surface area contributed by atoms with E-state index in [0.717, 1.165) is 25.1 Å². The van der Waals surface area contributed by atoms with Crippen molar-refractivity contribution in [2.45, 2.75) is 19.4 Å². The molecule has 1 heterocycles. The molecule has 2 rings (SSSR count). The summed E-state index contributed by atoms with van der Waals surface area (Å²) in [5.41, 5.74) is 0.993. The fraction of sp³-hybridized carbons (Fsp3) is 0.571. The topological polar surface area (TPSA) is 33.3 Å². The standard InChI is InChI=1S/C14H21FN2O/c1-3-18-13-5-4-10(8-12(13)15)14(16-2)11-6-7-17-9-11/h4-5,8,11,14,16-17H,3,6-7,9H2,1-2H3. The first-order chi connectivity index (χ1) is 8.76. The number of rotatable bonds is 5. The van der Waals surface area contributed by atoms with Crippen molar-refractivity contribution in [2.24, 2.45) is 5.92 Å². The first-order valence-electron chi connectivity index (χ1n) is 6.56. The highest BCUT2D eigenvalue weighted by Crippen LogP contribution is 2.29. The van der Waals surface area contributed by atoms with Gasteiger partial charge in [-0.15, -0.1) is 0 Å². The zero-order valence-corrected chi connectivity index (χ0v) is 11.0. The van der Waals surface area contributed by atoms with Gasteiger partial charge in [-0.05, 0) is 57.1 Å². The molecule has 0 aliphatic carbocycles. The lowest BCUT2D eigenvalue weighted by Gasteiger charge is -2.23. The molecule has 2 N–H and O–H groups in total. The van der Waals surface area contributed by atoms with Gasteiger partial charge in [-0.3, -0.25) is 0 Å². The van der Waals surface area contributed by atoms with Gasteiger partial charge in [0.25, 0.3) is 0 Å². The van der Waals surface area contributed by atoms with E-state index in [0.29, 0.717) is 18.3 Å². The normalized spacial score (nSPS) is 20.9. The molecular formula is C14H21FN2O. The lowest BCUT2D eigenvalue weighted by atomic mass is 9.92. The van der Waals surface area contributed by atoms with Gasteiger partial charge in [-0.1, -0.05) is 6.07 Å². The number of halogens is 1. The average molecular weight is 252 g/mol. The molecule has 0 saturated carbocycles. The largest absolute Gasteiger partial charge is 0.491 e. The third-order valence-electron chi connectivity index (χ3n) is 3.50. The summed E-state index contributed by atoms with van der Waals surface area (Å²) in [6.45, 7) is 4.37. The van der Waals surface area contributed by atoms with Crippen LogP contribution in [0.2, 0.25) is 0 Å². The Morgan fingerprint density at radius 3 is 2.94 bits per heavy atom. The fourth-order valence-electron chi connectivity index (χ4n) is 2.62. The zero-order valence-electron chi connectivity index (χ0n) is 11.0. The van der Waals surface area contributed by atoms with Gasteiger partial charge < -0.3 is 15.4 Å². The predicted octanol–water partition coefficient (Wildman–Crippen LogP) is 2.09. The van der Waals surface area contributed by atoms with E-state index in [2.05, 4.69) is 10.6 Å². The summed E-state index contributed by atoms with van der Waals surface area (Å²) >= 11 is 0. The molecule has 0 spiro atoms. The number of nitrogens with one attached hydrogen (secondary N) is 2. The molecule has 1 fully saturated rings. The second kappa shape index (κ2) is 6.16. The molecular weight excluding hydrogens is 231 g/mol. The molecule has 1 saturated heterocycles. The van der Waals surface area contributed by atoms with Gasteiger partial charge in [-0.2, -0.15) is 0 Å². The second-order valence-corrected chi connectivity index (χ2v) is 4.64. The van der Waals surface area contributed by atoms with E-state index in [4.69, 9.17) is 4.74 Å². The van der Waals surface area contributed by atoms with Crippen LogP contribution in [0.15, 0.2) is 18.2 Å². The van der Waals surface area contributed by atoms with Gasteiger partial charge in [-0.25, -0.2) is 4.39 Å². The Kier molecular flexibility index (Phi) is 4.55. The van der Waals surface area contributed by atoms with E-state index in [-0.39, 0.29) is 11.9 Å². The third-order valence-corrected chi connectivity index (χ3v) is 3.50. The van der Waals surface area contributed by atoms with E-state index >= 15 is 0 Å². The Balaban J connectivity index is 2.17. The number of ether oxygens (including phenoxy) is 1. The summed E-state index contributed by atoms with van der Waals surface area (Å²) in [4.78, 5) is 0. The van der Waals surface area contributed by atoms with Crippen molar-refractivity contribution in [1.29, 1.82) is 0 Å². The lowest BCUT2D eigenvalue weighted by Crippen LogP contribution is -2.27. The molecule has 2 unspecified atom stereocenters. The molecule has 18 heavy (non-hydrogen) atoms. The Labute approximate surface area is 108 Å². The summed E-state index contributed by atoms with van der Waals surface area (Å²) < 4.78 is 19.1. The molecule has 0 amide bonds. The van der Waals surface area contributed by atoms with E-state index in [1.54, 1.807) is 12.1 Å². The molecule has 0 bridgehead atoms. The summed E-state index contributed by atoms with van der Waals surface area (Å²) in [5.74, 6) is 0.577. The van der Waals surface area contributed by atoms with Crippen LogP contribution in [0.1, 0.15) is 24.9 Å². The maximum atomic E-state index is 13.9. The van der Waals surface area contributed by atoms with Gasteiger partial charge in [0.05, 0.1) is 6.61 Å². The average Bonchev–Trinajstić information content (AvgIpc) is 2.87. The Morgan fingerprint density at radius 1 is 1.56 bits per heavy atom. The van der Waals surface area contributed by atoms with Gasteiger partial charge in [0.15, 0.2) is 11.6 Å². The van der Waals surface area contributed by atoms with Crippen molar-refractivity contribution in [2.75, 3.05) is 26.7 Å². The minimum atomic E-state index is -0.277. The van der Waals surface area contributed by atoms with E-state index in [1.165, 1.54) is 0 Å². The molecule has 100 valence electrons. The number of hydrogen-bond acceptors (Lipinski definition) is 3. The van der Waals surface area contributed by atoms with Gasteiger partial charge in [0.2, 0.25) is 0 Å². The first-order valence-corrected chi connectivity index (χ1v) is 6.56. The molecule has 0 radical (unpaired) electrons. The van der Waals surface area contributed by atoms with Crippen LogP contribution in [0.3, 0.4) is 0 Å². The van der Waals surface area contributed by atoms with Crippen LogP contribution in [-0.2, 0) is 0 Å². The highest BCUT2D eigenvalue weighted by atomic mass is 19.1. The molecule has 1 aliphatic rings. The summed E-state index contributed by atoms with van der Waals surface area (Å²) in [6, 6.07) is 5.46. The van der Waals surface area contributed by atoms with Gasteiger partial charge in [0.1, 0.15) is 0 Å². The molecule has 1 aromatic carbocycles. The van der Waals surface area contributed by atoms with Crippen molar-refractivity contribution in [3.8, 4) is 5.75 Å². The van der Waals surface area contributed by atoms with E-state index < -0.39 is 0 Å². The van der Waals surface area contributed by atoms with Gasteiger partial charge >= 0.3 is 0 Å². The summed E-state index contributed by atoms with van der Waals surface area (Å²) in [5, 5.41) is 6.64. The minimum Gasteiger partial charge on any atom is -0.491 e. The lowest BCUT2D eigenvalue weighted by molar-refractivity contribution is 0.320. The fourth-order valence-corrected chi connectivity index (χ4v) is 2.62. The maximum Gasteiger partial charge on any atom is 0.165 e. The molecule has 0 aromatic heterocycles. The SMILES string of the molecule is CCOc1ccc(C(NC)C2CCNC2)cc1F. The monoisotopic (exact) mass is 252 g/mol. The molecule has 1 aliphatic heterocycles. The first kappa shape index (κ1) is 13.3. The molecule has 4 heteroatoms. The Morgan fingerprint density at radius 2 is 2.39 bits per heavy atom. The van der Waals surface area contributed by atoms with Crippen molar-refractivity contribution in [3.05, 3.63) is 29.6 Å². The third kappa shape index (κ3) is 2.82. The highest BCUT2D eigenvalue weighted by molar-refractivity contribution is 5.31. The quantitative estimate of drug-likeness (QED) is 0.842. The van der Waals surface area contributed by atoms with Crippen molar-refractivity contribution < 1.29 is 9.13 Å². The predicted molar refractivity (Wildman–Crippen MR) is 70.3 cm³/mol. The molecule has 1 aromatic rings. The summed E-state index contributed by atoms with van der Waals surface area (Å²) in [6.07, 6.45) is 1.13. The van der Waals surface area contributed by atoms with Crippen LogP contribution in [0.5, 0.6) is 5.75 Å². The smallest absolute Gasteiger partial charge is 0.165 e. The van der Waals surface area contributed by atoms with E-state index in [1.807, 2.05) is 20.0 Å². The van der Waals surface area contributed by atoms with Crippen molar-refractivity contribution in [3.63, 3.8) is 0 Å². The van der Waals surface area contributed by atoms with Crippen LogP contribution >= 0.6 is 0 Å². The molecule has 2 atom stereocenters. The van der Waals surface area contributed by atoms with Crippen molar-refractivity contribution in [1.82, 2.24) is 10.6 Å². The summed E-state index contributed by atoms with van der Waals surface area (Å²) in [7, 11) is 1.93. The Hall–Kier alpha value is -1.13. The van der Waals surface area contributed by atoms with Crippen LogP contribution in [0, 0.1) is 11.7 Å². The van der Waals surface area contributed by atoms with Crippen LogP contribution in [-0.4, -0.2) is 26.7 Å². The van der Waals surface area contributed by atoms with Crippen LogP contribution in [0.4, 0.5) is 4.39 Å². The molecule has 3 nitrogen and oxygen atoms in total. The zero-order chi connectivity index (χ0) is 13.0. The van der Waals surface area contributed by atoms with E-state index in [9.17, 15) is 4.39 Å².